The molecule has 3 amide bonds. The van der Waals surface area contributed by atoms with Gasteiger partial charge >= 0.3 is 6.03 Å². The predicted molar refractivity (Wildman–Crippen MR) is 148 cm³/mol. The maximum absolute atomic E-state index is 13.9. The summed E-state index contributed by atoms with van der Waals surface area (Å²) in [5, 5.41) is 10.2. The second-order valence-corrected chi connectivity index (χ2v) is 8.86. The van der Waals surface area contributed by atoms with Gasteiger partial charge in [-0.15, -0.1) is 0 Å². The molecule has 3 heterocycles. The molecular formula is C28H28N8O3. The molecule has 0 atom stereocenters. The molecule has 2 N–H and O–H groups in total. The van der Waals surface area contributed by atoms with Crippen molar-refractivity contribution in [2.45, 2.75) is 19.6 Å². The van der Waals surface area contributed by atoms with Crippen LogP contribution < -0.4 is 15.5 Å². The summed E-state index contributed by atoms with van der Waals surface area (Å²) >= 11 is 0. The molecule has 2 aromatic heterocycles. The zero-order valence-corrected chi connectivity index (χ0v) is 21.4. The molecule has 0 unspecified atom stereocenters. The Morgan fingerprint density at radius 3 is 2.77 bits per heavy atom. The lowest BCUT2D eigenvalue weighted by molar-refractivity contribution is -0.111. The molecule has 0 saturated carbocycles. The molecule has 2 aromatic carbocycles. The van der Waals surface area contributed by atoms with Gasteiger partial charge < -0.3 is 20.3 Å². The summed E-state index contributed by atoms with van der Waals surface area (Å²) < 4.78 is 6.86. The summed E-state index contributed by atoms with van der Waals surface area (Å²) in [7, 11) is 1.64. The number of amides is 3. The Kier molecular flexibility index (Phi) is 7.60. The number of aromatic nitrogens is 4. The highest BCUT2D eigenvalue weighted by atomic mass is 16.5. The molecule has 0 aliphatic carbocycles. The molecule has 4 aromatic rings. The fraction of sp³-hybridized carbons (Fsp3) is 0.179. The first kappa shape index (κ1) is 25.6. The Hall–Kier alpha value is -5.03. The van der Waals surface area contributed by atoms with E-state index in [2.05, 4.69) is 27.3 Å². The number of methoxy groups -OCH3 is 1. The third-order valence-corrected chi connectivity index (χ3v) is 6.06. The summed E-state index contributed by atoms with van der Waals surface area (Å²) in [5.74, 6) is 0.439. The van der Waals surface area contributed by atoms with Gasteiger partial charge in [0.25, 0.3) is 0 Å². The van der Waals surface area contributed by atoms with Gasteiger partial charge in [-0.25, -0.2) is 14.7 Å². The maximum Gasteiger partial charge on any atom is 0.330 e. The third-order valence-electron chi connectivity index (χ3n) is 6.06. The van der Waals surface area contributed by atoms with E-state index in [4.69, 9.17) is 9.72 Å². The zero-order valence-electron chi connectivity index (χ0n) is 21.4. The number of nitrogens with one attached hydrogen (secondary N) is 2. The SMILES string of the molecule is C=CC(=O)Nc1cccc(N2C(=O)N(Cc3ccccc3)Cc3cnc(Nc4cnn(CCOC)c4)nc32)c1. The van der Waals surface area contributed by atoms with Crippen LogP contribution in [0.15, 0.2) is 85.8 Å². The summed E-state index contributed by atoms with van der Waals surface area (Å²) in [5.41, 5.74) is 3.58. The van der Waals surface area contributed by atoms with Crippen LogP contribution in [0.4, 0.5) is 33.6 Å². The molecule has 5 rings (SSSR count). The minimum atomic E-state index is -0.344. The summed E-state index contributed by atoms with van der Waals surface area (Å²) in [6.45, 7) is 5.42. The minimum absolute atomic E-state index is 0.240. The number of ether oxygens (including phenoxy) is 1. The molecule has 198 valence electrons. The van der Waals surface area contributed by atoms with Crippen molar-refractivity contribution in [2.75, 3.05) is 29.3 Å². The van der Waals surface area contributed by atoms with Crippen LogP contribution in [-0.4, -0.2) is 50.3 Å². The Morgan fingerprint density at radius 2 is 1.97 bits per heavy atom. The predicted octanol–water partition coefficient (Wildman–Crippen LogP) is 4.46. The molecule has 39 heavy (non-hydrogen) atoms. The molecule has 0 spiro atoms. The summed E-state index contributed by atoms with van der Waals surface area (Å²) in [6.07, 6.45) is 6.42. The Labute approximate surface area is 225 Å². The first-order valence-electron chi connectivity index (χ1n) is 12.3. The zero-order chi connectivity index (χ0) is 27.2. The van der Waals surface area contributed by atoms with Gasteiger partial charge in [-0.1, -0.05) is 43.0 Å². The molecular weight excluding hydrogens is 496 g/mol. The normalized spacial score (nSPS) is 12.7. The van der Waals surface area contributed by atoms with Crippen LogP contribution >= 0.6 is 0 Å². The lowest BCUT2D eigenvalue weighted by atomic mass is 10.1. The van der Waals surface area contributed by atoms with Crippen LogP contribution in [-0.2, 0) is 29.2 Å². The van der Waals surface area contributed by atoms with E-state index in [1.54, 1.807) is 58.3 Å². The Balaban J connectivity index is 1.49. The number of hydrogen-bond donors (Lipinski definition) is 2. The lowest BCUT2D eigenvalue weighted by Crippen LogP contribution is -2.45. The standard InChI is InChI=1S/C28H28N8O3/c1-3-25(37)31-22-10-7-11-24(14-22)36-26-21(18-34(28(36)38)17-20-8-5-4-6-9-20)15-29-27(33-26)32-23-16-30-35(19-23)12-13-39-2/h3-11,14-16,19H,1,12-13,17-18H2,2H3,(H,31,37)(H,29,32,33). The van der Waals surface area contributed by atoms with Crippen LogP contribution in [0.5, 0.6) is 0 Å². The molecule has 1 aliphatic rings. The van der Waals surface area contributed by atoms with Gasteiger partial charge in [0.15, 0.2) is 5.82 Å². The van der Waals surface area contributed by atoms with Gasteiger partial charge in [-0.3, -0.25) is 9.48 Å². The van der Waals surface area contributed by atoms with Crippen LogP contribution in [0, 0.1) is 0 Å². The van der Waals surface area contributed by atoms with Gasteiger partial charge in [0, 0.05) is 37.3 Å². The molecule has 11 heteroatoms. The number of rotatable bonds is 10. The maximum atomic E-state index is 13.9. The molecule has 0 bridgehead atoms. The van der Waals surface area contributed by atoms with Crippen molar-refractivity contribution in [1.29, 1.82) is 0 Å². The highest BCUT2D eigenvalue weighted by Crippen LogP contribution is 2.35. The van der Waals surface area contributed by atoms with Crippen molar-refractivity contribution in [2.24, 2.45) is 0 Å². The number of carbonyl (C=O) groups is 2. The number of benzene rings is 2. The highest BCUT2D eigenvalue weighted by molar-refractivity contribution is 6.03. The fourth-order valence-corrected chi connectivity index (χ4v) is 4.21. The van der Waals surface area contributed by atoms with Crippen molar-refractivity contribution in [3.63, 3.8) is 0 Å². The quantitative estimate of drug-likeness (QED) is 0.294. The fourth-order valence-electron chi connectivity index (χ4n) is 4.21. The number of fused-ring (bicyclic) bond motifs is 1. The number of urea groups is 1. The lowest BCUT2D eigenvalue weighted by Gasteiger charge is -2.36. The van der Waals surface area contributed by atoms with E-state index >= 15 is 0 Å². The number of nitrogens with zero attached hydrogens (tertiary/aromatic N) is 6. The van der Waals surface area contributed by atoms with E-state index < -0.39 is 0 Å². The number of anilines is 5. The monoisotopic (exact) mass is 524 g/mol. The smallest absolute Gasteiger partial charge is 0.330 e. The number of hydrogen-bond acceptors (Lipinski definition) is 7. The van der Waals surface area contributed by atoms with E-state index in [0.717, 1.165) is 11.1 Å². The molecule has 11 nitrogen and oxygen atoms in total. The van der Waals surface area contributed by atoms with Crippen molar-refractivity contribution in [3.8, 4) is 0 Å². The summed E-state index contributed by atoms with van der Waals surface area (Å²) in [4.78, 5) is 38.3. The minimum Gasteiger partial charge on any atom is -0.383 e. The topological polar surface area (TPSA) is 118 Å². The average Bonchev–Trinajstić information content (AvgIpc) is 3.40. The third kappa shape index (κ3) is 5.94. The van der Waals surface area contributed by atoms with Gasteiger partial charge in [-0.05, 0) is 29.8 Å². The van der Waals surface area contributed by atoms with Crippen LogP contribution in [0.3, 0.4) is 0 Å². The van der Waals surface area contributed by atoms with Crippen LogP contribution in [0.25, 0.3) is 0 Å². The van der Waals surface area contributed by atoms with E-state index in [0.29, 0.717) is 55.1 Å². The van der Waals surface area contributed by atoms with Gasteiger partial charge in [0.1, 0.15) is 0 Å². The van der Waals surface area contributed by atoms with Gasteiger partial charge in [-0.2, -0.15) is 10.1 Å². The van der Waals surface area contributed by atoms with Gasteiger partial charge in [0.2, 0.25) is 11.9 Å². The molecule has 1 aliphatic heterocycles. The van der Waals surface area contributed by atoms with E-state index in [-0.39, 0.29) is 11.9 Å². The molecule has 0 saturated heterocycles. The summed E-state index contributed by atoms with van der Waals surface area (Å²) in [6, 6.07) is 16.6. The van der Waals surface area contributed by atoms with Crippen molar-refractivity contribution < 1.29 is 14.3 Å². The highest BCUT2D eigenvalue weighted by Gasteiger charge is 2.33. The van der Waals surface area contributed by atoms with E-state index in [9.17, 15) is 9.59 Å². The Morgan fingerprint density at radius 1 is 1.13 bits per heavy atom. The van der Waals surface area contributed by atoms with Crippen molar-refractivity contribution >= 4 is 40.8 Å². The van der Waals surface area contributed by atoms with E-state index in [1.807, 2.05) is 36.5 Å². The van der Waals surface area contributed by atoms with Gasteiger partial charge in [0.05, 0.1) is 37.3 Å². The molecule has 0 fully saturated rings. The van der Waals surface area contributed by atoms with Crippen molar-refractivity contribution in [1.82, 2.24) is 24.6 Å². The first-order valence-corrected chi connectivity index (χ1v) is 12.3. The largest absolute Gasteiger partial charge is 0.383 e. The molecule has 0 radical (unpaired) electrons. The second-order valence-electron chi connectivity index (χ2n) is 8.86. The van der Waals surface area contributed by atoms with E-state index in [1.165, 1.54) is 6.08 Å². The van der Waals surface area contributed by atoms with Crippen LogP contribution in [0.1, 0.15) is 11.1 Å². The average molecular weight is 525 g/mol. The Bertz CT molecular complexity index is 1490. The first-order chi connectivity index (χ1) is 19.0. The van der Waals surface area contributed by atoms with Crippen molar-refractivity contribution in [3.05, 3.63) is 97.0 Å². The number of carbonyl (C=O) groups excluding carboxylic acids is 2. The van der Waals surface area contributed by atoms with Crippen LogP contribution in [0.2, 0.25) is 0 Å². The second kappa shape index (κ2) is 11.6.